The smallest absolute Gasteiger partial charge is 0.416 e. The van der Waals surface area contributed by atoms with Crippen LogP contribution in [0.15, 0.2) is 36.4 Å². The largest absolute Gasteiger partial charge is 0.495 e. The van der Waals surface area contributed by atoms with Crippen molar-refractivity contribution in [2.75, 3.05) is 19.0 Å². The molecule has 25 heavy (non-hydrogen) atoms. The molecule has 2 aromatic carbocycles. The van der Waals surface area contributed by atoms with Gasteiger partial charge in [0.25, 0.3) is 0 Å². The minimum atomic E-state index is -4.47. The maximum atomic E-state index is 13.1. The molecule has 0 amide bonds. The second kappa shape index (κ2) is 6.82. The Kier molecular flexibility index (Phi) is 4.90. The monoisotopic (exact) mass is 387 g/mol. The predicted molar refractivity (Wildman–Crippen MR) is 93.5 cm³/mol. The molecule has 132 valence electrons. The Balaban J connectivity index is 2.17. The van der Waals surface area contributed by atoms with Crippen LogP contribution in [-0.2, 0) is 10.9 Å². The van der Waals surface area contributed by atoms with Gasteiger partial charge < -0.3 is 14.8 Å². The molecule has 3 nitrogen and oxygen atoms in total. The number of benzene rings is 2. The van der Waals surface area contributed by atoms with E-state index in [2.05, 4.69) is 5.32 Å². The number of fused-ring (bicyclic) bond motifs is 1. The summed E-state index contributed by atoms with van der Waals surface area (Å²) in [4.78, 5) is 0.377. The van der Waals surface area contributed by atoms with Crippen molar-refractivity contribution < 1.29 is 22.6 Å². The number of hydrogen-bond donors (Lipinski definition) is 1. The number of nitrogens with one attached hydrogen (secondary N) is 1. The van der Waals surface area contributed by atoms with E-state index in [1.165, 1.54) is 13.2 Å². The van der Waals surface area contributed by atoms with Crippen molar-refractivity contribution in [2.24, 2.45) is 0 Å². The van der Waals surface area contributed by atoms with Gasteiger partial charge in [0.2, 0.25) is 0 Å². The van der Waals surface area contributed by atoms with Gasteiger partial charge in [-0.05, 0) is 24.3 Å². The van der Waals surface area contributed by atoms with Crippen LogP contribution >= 0.6 is 23.8 Å². The maximum absolute atomic E-state index is 13.1. The third-order valence-corrected chi connectivity index (χ3v) is 4.44. The molecule has 1 heterocycles. The number of thiocarbonyl (C=S) groups is 1. The lowest BCUT2D eigenvalue weighted by Crippen LogP contribution is -2.13. The summed E-state index contributed by atoms with van der Waals surface area (Å²) in [6.45, 7) is 0.0591. The summed E-state index contributed by atoms with van der Waals surface area (Å²) in [7, 11) is 1.46. The molecule has 0 unspecified atom stereocenters. The first-order valence-corrected chi connectivity index (χ1v) is 8.05. The van der Waals surface area contributed by atoms with Crippen LogP contribution in [0.5, 0.6) is 5.75 Å². The lowest BCUT2D eigenvalue weighted by Gasteiger charge is -2.21. The zero-order valence-corrected chi connectivity index (χ0v) is 14.6. The molecular formula is C17H13ClF3NO2S. The fourth-order valence-corrected chi connectivity index (χ4v) is 3.13. The number of hydrogen-bond acceptors (Lipinski definition) is 3. The zero-order chi connectivity index (χ0) is 18.2. The number of rotatable bonds is 2. The second-order valence-corrected chi connectivity index (χ2v) is 6.27. The topological polar surface area (TPSA) is 30.5 Å². The molecule has 1 atom stereocenters. The van der Waals surface area contributed by atoms with E-state index in [1.54, 1.807) is 18.2 Å². The lowest BCUT2D eigenvalue weighted by atomic mass is 9.97. The van der Waals surface area contributed by atoms with Crippen molar-refractivity contribution in [3.05, 3.63) is 58.1 Å². The molecule has 0 aliphatic carbocycles. The van der Waals surface area contributed by atoms with Gasteiger partial charge in [0.05, 0.1) is 24.3 Å². The number of halogens is 4. The molecule has 0 spiro atoms. The fraction of sp³-hybridized carbons (Fsp3) is 0.235. The van der Waals surface area contributed by atoms with Gasteiger partial charge in [0, 0.05) is 16.8 Å². The maximum Gasteiger partial charge on any atom is 0.416 e. The molecule has 1 aliphatic rings. The van der Waals surface area contributed by atoms with E-state index in [1.807, 2.05) is 0 Å². The minimum Gasteiger partial charge on any atom is -0.495 e. The summed E-state index contributed by atoms with van der Waals surface area (Å²) < 4.78 is 50.3. The van der Waals surface area contributed by atoms with Crippen LogP contribution in [0.1, 0.15) is 22.8 Å². The van der Waals surface area contributed by atoms with Gasteiger partial charge in [0.1, 0.15) is 16.8 Å². The fourth-order valence-electron chi connectivity index (χ4n) is 2.65. The van der Waals surface area contributed by atoms with E-state index in [-0.39, 0.29) is 11.6 Å². The zero-order valence-electron chi connectivity index (χ0n) is 13.0. The van der Waals surface area contributed by atoms with E-state index >= 15 is 0 Å². The van der Waals surface area contributed by atoms with Crippen LogP contribution in [-0.4, -0.2) is 18.7 Å². The van der Waals surface area contributed by atoms with Crippen molar-refractivity contribution >= 4 is 34.5 Å². The first-order chi connectivity index (χ1) is 11.8. The summed E-state index contributed by atoms with van der Waals surface area (Å²) >= 11 is 11.5. The second-order valence-electron chi connectivity index (χ2n) is 5.40. The van der Waals surface area contributed by atoms with Gasteiger partial charge in [-0.2, -0.15) is 13.2 Å². The minimum absolute atomic E-state index is 0.0591. The Labute approximate surface area is 152 Å². The highest BCUT2D eigenvalue weighted by Crippen LogP contribution is 2.42. The van der Waals surface area contributed by atoms with Crippen LogP contribution in [0.2, 0.25) is 5.02 Å². The predicted octanol–water partition coefficient (Wildman–Crippen LogP) is 5.23. The molecule has 1 aliphatic heterocycles. The third-order valence-electron chi connectivity index (χ3n) is 3.81. The first-order valence-electron chi connectivity index (χ1n) is 7.26. The molecule has 0 saturated heterocycles. The van der Waals surface area contributed by atoms with Gasteiger partial charge in [-0.3, -0.25) is 0 Å². The summed E-state index contributed by atoms with van der Waals surface area (Å²) in [5.41, 5.74) is 0.505. The van der Waals surface area contributed by atoms with Crippen molar-refractivity contribution in [3.63, 3.8) is 0 Å². The summed E-state index contributed by atoms with van der Waals surface area (Å²) in [5, 5.41) is 3.20. The summed E-state index contributed by atoms with van der Waals surface area (Å²) in [6.07, 6.45) is -5.28. The molecule has 0 radical (unpaired) electrons. The van der Waals surface area contributed by atoms with Gasteiger partial charge >= 0.3 is 6.18 Å². The van der Waals surface area contributed by atoms with Crippen LogP contribution < -0.4 is 10.1 Å². The number of alkyl halides is 3. The summed E-state index contributed by atoms with van der Waals surface area (Å²) in [6, 6.07) is 8.46. The third kappa shape index (κ3) is 3.58. The highest BCUT2D eigenvalue weighted by atomic mass is 35.5. The van der Waals surface area contributed by atoms with Gasteiger partial charge in [-0.25, -0.2) is 0 Å². The first kappa shape index (κ1) is 18.0. The Morgan fingerprint density at radius 2 is 2.00 bits per heavy atom. The Morgan fingerprint density at radius 1 is 1.24 bits per heavy atom. The lowest BCUT2D eigenvalue weighted by molar-refractivity contribution is -0.137. The van der Waals surface area contributed by atoms with E-state index in [9.17, 15) is 13.2 Å². The quantitative estimate of drug-likeness (QED) is 0.715. The normalized spacial score (nSPS) is 17.5. The van der Waals surface area contributed by atoms with E-state index in [4.69, 9.17) is 33.3 Å². The van der Waals surface area contributed by atoms with Crippen molar-refractivity contribution in [1.82, 2.24) is 0 Å². The molecule has 1 N–H and O–H groups in total. The SMILES string of the molecule is COc1cccc([C@H]2OCC(=S)Nc3ccc(C(F)(F)F)cc32)c1Cl. The van der Waals surface area contributed by atoms with Gasteiger partial charge in [-0.1, -0.05) is 36.0 Å². The van der Waals surface area contributed by atoms with Gasteiger partial charge in [-0.15, -0.1) is 0 Å². The van der Waals surface area contributed by atoms with Crippen LogP contribution in [0.4, 0.5) is 18.9 Å². The average molecular weight is 388 g/mol. The number of ether oxygens (including phenoxy) is 2. The van der Waals surface area contributed by atoms with Crippen LogP contribution in [0, 0.1) is 0 Å². The highest BCUT2D eigenvalue weighted by Gasteiger charge is 2.33. The number of methoxy groups -OCH3 is 1. The molecule has 0 bridgehead atoms. The Bertz CT molecular complexity index is 826. The van der Waals surface area contributed by atoms with Gasteiger partial charge in [0.15, 0.2) is 0 Å². The molecule has 3 rings (SSSR count). The summed E-state index contributed by atoms with van der Waals surface area (Å²) in [5.74, 6) is 0.413. The van der Waals surface area contributed by atoms with Crippen molar-refractivity contribution in [2.45, 2.75) is 12.3 Å². The van der Waals surface area contributed by atoms with E-state index < -0.39 is 17.8 Å². The molecular weight excluding hydrogens is 375 g/mol. The highest BCUT2D eigenvalue weighted by molar-refractivity contribution is 7.80. The number of anilines is 1. The average Bonchev–Trinajstić information content (AvgIpc) is 2.72. The van der Waals surface area contributed by atoms with E-state index in [0.29, 0.717) is 27.6 Å². The molecule has 0 aromatic heterocycles. The Morgan fingerprint density at radius 3 is 2.68 bits per heavy atom. The van der Waals surface area contributed by atoms with Crippen molar-refractivity contribution in [1.29, 1.82) is 0 Å². The molecule has 8 heteroatoms. The molecule has 0 fully saturated rings. The standard InChI is InChI=1S/C17H13ClF3NO2S/c1-23-13-4-2-3-10(15(13)18)16-11-7-9(17(19,20)21)5-6-12(11)22-14(25)8-24-16/h2-7,16H,8H2,1H3,(H,22,25)/t16-/m1/s1. The molecule has 0 saturated carbocycles. The van der Waals surface area contributed by atoms with Crippen LogP contribution in [0.3, 0.4) is 0 Å². The van der Waals surface area contributed by atoms with Crippen molar-refractivity contribution in [3.8, 4) is 5.75 Å². The van der Waals surface area contributed by atoms with Crippen LogP contribution in [0.25, 0.3) is 0 Å². The molecule has 2 aromatic rings. The Hall–Kier alpha value is -1.83. The van der Waals surface area contributed by atoms with E-state index in [0.717, 1.165) is 12.1 Å².